The highest BCUT2D eigenvalue weighted by atomic mass is 35.5. The molecule has 0 aromatic heterocycles. The lowest BCUT2D eigenvalue weighted by molar-refractivity contribution is -0.128. The van der Waals surface area contributed by atoms with Crippen molar-refractivity contribution in [2.24, 2.45) is 4.99 Å². The van der Waals surface area contributed by atoms with Crippen molar-refractivity contribution >= 4 is 51.7 Å². The summed E-state index contributed by atoms with van der Waals surface area (Å²) in [6.07, 6.45) is 0.706. The van der Waals surface area contributed by atoms with E-state index in [9.17, 15) is 9.59 Å². The summed E-state index contributed by atoms with van der Waals surface area (Å²) in [5.41, 5.74) is 3.48. The molecule has 0 bridgehead atoms. The van der Waals surface area contributed by atoms with Gasteiger partial charge >= 0.3 is 0 Å². The molecule has 2 aromatic rings. The maximum absolute atomic E-state index is 13.1. The fourth-order valence-corrected chi connectivity index (χ4v) is 4.80. The number of amidine groups is 1. The molecule has 0 saturated carbocycles. The maximum atomic E-state index is 13.1. The summed E-state index contributed by atoms with van der Waals surface area (Å²) in [6, 6.07) is 11.0. The molecule has 7 nitrogen and oxygen atoms in total. The van der Waals surface area contributed by atoms with Gasteiger partial charge in [-0.15, -0.1) is 0 Å². The highest BCUT2D eigenvalue weighted by Crippen LogP contribution is 2.33. The average molecular weight is 490 g/mol. The summed E-state index contributed by atoms with van der Waals surface area (Å²) >= 11 is 7.46. The van der Waals surface area contributed by atoms with Crippen molar-refractivity contribution in [1.29, 1.82) is 0 Å². The van der Waals surface area contributed by atoms with Gasteiger partial charge in [0.05, 0.1) is 17.8 Å². The predicted molar refractivity (Wildman–Crippen MR) is 134 cm³/mol. The van der Waals surface area contributed by atoms with Crippen LogP contribution in [0.1, 0.15) is 24.0 Å². The first-order valence-electron chi connectivity index (χ1n) is 10.6. The normalized spacial score (nSPS) is 17.0. The second-order valence-corrected chi connectivity index (χ2v) is 9.31. The van der Waals surface area contributed by atoms with Crippen LogP contribution in [0.2, 0.25) is 5.02 Å². The fourth-order valence-electron chi connectivity index (χ4n) is 3.37. The van der Waals surface area contributed by atoms with Crippen LogP contribution in [0.15, 0.2) is 41.4 Å². The molecule has 1 heterocycles. The number of nitrogens with zero attached hydrogens (tertiary/aromatic N) is 2. The van der Waals surface area contributed by atoms with Gasteiger partial charge in [0.2, 0.25) is 11.8 Å². The number of anilines is 1. The Bertz CT molecular complexity index is 1060. The Morgan fingerprint density at radius 2 is 2.00 bits per heavy atom. The van der Waals surface area contributed by atoms with E-state index in [0.29, 0.717) is 41.2 Å². The highest BCUT2D eigenvalue weighted by Gasteiger charge is 2.39. The van der Waals surface area contributed by atoms with E-state index in [0.717, 1.165) is 16.8 Å². The Hall–Kier alpha value is -2.55. The van der Waals surface area contributed by atoms with E-state index >= 15 is 0 Å². The number of rotatable bonds is 9. The Morgan fingerprint density at radius 1 is 1.21 bits per heavy atom. The van der Waals surface area contributed by atoms with Crippen LogP contribution in [-0.4, -0.2) is 54.5 Å². The van der Waals surface area contributed by atoms with Gasteiger partial charge in [0.1, 0.15) is 11.0 Å². The van der Waals surface area contributed by atoms with Crippen LogP contribution in [0.5, 0.6) is 5.75 Å². The standard InChI is InChI=1S/C24H28ClN3O4S/c1-15-6-7-16(2)19(12-15)27-24-28(10-5-11-31-3)23(30)21(33-24)14-22(29)26-17-8-9-20(32-4)18(25)13-17/h6-9,12-13,21H,5,10-11,14H2,1-4H3,(H,26,29). The summed E-state index contributed by atoms with van der Waals surface area (Å²) in [6.45, 7) is 5.01. The Balaban J connectivity index is 1.76. The van der Waals surface area contributed by atoms with Crippen LogP contribution in [0, 0.1) is 13.8 Å². The first kappa shape index (κ1) is 25.1. The zero-order chi connectivity index (χ0) is 24.0. The van der Waals surface area contributed by atoms with Gasteiger partial charge < -0.3 is 14.8 Å². The average Bonchev–Trinajstić information content (AvgIpc) is 3.05. The maximum Gasteiger partial charge on any atom is 0.242 e. The number of thioether (sulfide) groups is 1. The molecule has 1 aliphatic rings. The molecule has 1 N–H and O–H groups in total. The Kier molecular flexibility index (Phi) is 8.77. The van der Waals surface area contributed by atoms with E-state index in [1.165, 1.54) is 18.9 Å². The van der Waals surface area contributed by atoms with Crippen LogP contribution in [-0.2, 0) is 14.3 Å². The number of amides is 2. The van der Waals surface area contributed by atoms with Gasteiger partial charge in [0.15, 0.2) is 5.17 Å². The quantitative estimate of drug-likeness (QED) is 0.503. The Labute approximate surface area is 203 Å². The van der Waals surface area contributed by atoms with Crippen LogP contribution in [0.25, 0.3) is 0 Å². The van der Waals surface area contributed by atoms with Crippen molar-refractivity contribution in [3.63, 3.8) is 0 Å². The number of methoxy groups -OCH3 is 2. The second kappa shape index (κ2) is 11.5. The van der Waals surface area contributed by atoms with Gasteiger partial charge in [-0.1, -0.05) is 35.5 Å². The van der Waals surface area contributed by atoms with Crippen LogP contribution in [0.3, 0.4) is 0 Å². The third-order valence-electron chi connectivity index (χ3n) is 5.14. The molecule has 3 rings (SSSR count). The summed E-state index contributed by atoms with van der Waals surface area (Å²) in [4.78, 5) is 32.3. The minimum absolute atomic E-state index is 0.0275. The molecule has 33 heavy (non-hydrogen) atoms. The zero-order valence-electron chi connectivity index (χ0n) is 19.2. The molecule has 0 radical (unpaired) electrons. The minimum Gasteiger partial charge on any atom is -0.495 e. The van der Waals surface area contributed by atoms with E-state index in [1.807, 2.05) is 32.0 Å². The van der Waals surface area contributed by atoms with Crippen molar-refractivity contribution < 1.29 is 19.1 Å². The third kappa shape index (κ3) is 6.50. The predicted octanol–water partition coefficient (Wildman–Crippen LogP) is 4.96. The lowest BCUT2D eigenvalue weighted by Crippen LogP contribution is -2.34. The molecule has 1 aliphatic heterocycles. The molecular weight excluding hydrogens is 462 g/mol. The van der Waals surface area contributed by atoms with E-state index in [-0.39, 0.29) is 18.2 Å². The van der Waals surface area contributed by atoms with Crippen molar-refractivity contribution in [2.75, 3.05) is 32.7 Å². The second-order valence-electron chi connectivity index (χ2n) is 7.73. The lowest BCUT2D eigenvalue weighted by atomic mass is 10.1. The lowest BCUT2D eigenvalue weighted by Gasteiger charge is -2.16. The van der Waals surface area contributed by atoms with Crippen molar-refractivity contribution in [3.8, 4) is 5.75 Å². The molecule has 1 saturated heterocycles. The van der Waals surface area contributed by atoms with Crippen molar-refractivity contribution in [2.45, 2.75) is 31.9 Å². The first-order chi connectivity index (χ1) is 15.8. The number of benzene rings is 2. The first-order valence-corrected chi connectivity index (χ1v) is 11.8. The van der Waals surface area contributed by atoms with Gasteiger partial charge in [-0.2, -0.15) is 0 Å². The summed E-state index contributed by atoms with van der Waals surface area (Å²) in [5, 5.41) is 3.26. The van der Waals surface area contributed by atoms with E-state index in [2.05, 4.69) is 5.32 Å². The number of carbonyl (C=O) groups excluding carboxylic acids is 2. The summed E-state index contributed by atoms with van der Waals surface area (Å²) in [7, 11) is 3.16. The van der Waals surface area contributed by atoms with Crippen molar-refractivity contribution in [3.05, 3.63) is 52.5 Å². The number of carbonyl (C=O) groups is 2. The topological polar surface area (TPSA) is 80.2 Å². The van der Waals surface area contributed by atoms with Gasteiger partial charge in [0, 0.05) is 32.4 Å². The molecular formula is C24H28ClN3O4S. The molecule has 176 valence electrons. The molecule has 1 unspecified atom stereocenters. The largest absolute Gasteiger partial charge is 0.495 e. The number of aliphatic imine (C=N–C) groups is 1. The number of hydrogen-bond acceptors (Lipinski definition) is 6. The van der Waals surface area contributed by atoms with E-state index in [4.69, 9.17) is 26.1 Å². The smallest absolute Gasteiger partial charge is 0.242 e. The van der Waals surface area contributed by atoms with Gasteiger partial charge in [0.25, 0.3) is 0 Å². The third-order valence-corrected chi connectivity index (χ3v) is 6.61. The number of ether oxygens (including phenoxy) is 2. The minimum atomic E-state index is -0.551. The molecule has 0 spiro atoms. The SMILES string of the molecule is COCCCN1C(=O)C(CC(=O)Nc2ccc(OC)c(Cl)c2)SC1=Nc1cc(C)ccc1C. The van der Waals surface area contributed by atoms with Crippen LogP contribution < -0.4 is 10.1 Å². The molecule has 1 fully saturated rings. The Morgan fingerprint density at radius 3 is 2.70 bits per heavy atom. The number of halogens is 1. The zero-order valence-corrected chi connectivity index (χ0v) is 20.8. The molecule has 1 atom stereocenters. The molecule has 9 heteroatoms. The molecule has 2 aromatic carbocycles. The number of aryl methyl sites for hydroxylation is 2. The highest BCUT2D eigenvalue weighted by molar-refractivity contribution is 8.15. The fraction of sp³-hybridized carbons (Fsp3) is 0.375. The van der Waals surface area contributed by atoms with Gasteiger partial charge in [-0.3, -0.25) is 14.5 Å². The van der Waals surface area contributed by atoms with Crippen molar-refractivity contribution in [1.82, 2.24) is 4.90 Å². The van der Waals surface area contributed by atoms with Gasteiger partial charge in [-0.25, -0.2) is 4.99 Å². The van der Waals surface area contributed by atoms with E-state index < -0.39 is 5.25 Å². The monoisotopic (exact) mass is 489 g/mol. The van der Waals surface area contributed by atoms with Gasteiger partial charge in [-0.05, 0) is 55.7 Å². The number of nitrogens with one attached hydrogen (secondary N) is 1. The van der Waals surface area contributed by atoms with Crippen LogP contribution >= 0.6 is 23.4 Å². The molecule has 2 amide bonds. The molecule has 0 aliphatic carbocycles. The summed E-state index contributed by atoms with van der Waals surface area (Å²) < 4.78 is 10.3. The van der Waals surface area contributed by atoms with E-state index in [1.54, 1.807) is 30.2 Å². The van der Waals surface area contributed by atoms with Crippen LogP contribution in [0.4, 0.5) is 11.4 Å². The summed E-state index contributed by atoms with van der Waals surface area (Å²) in [5.74, 6) is 0.130. The number of hydrogen-bond donors (Lipinski definition) is 1.